The van der Waals surface area contributed by atoms with Crippen molar-refractivity contribution in [3.05, 3.63) is 70.9 Å². The normalized spacial score (nSPS) is 26.1. The lowest BCUT2D eigenvalue weighted by atomic mass is 9.76. The fraction of sp³-hybridized carbons (Fsp3) is 0.360. The molecule has 0 spiro atoms. The Bertz CT molecular complexity index is 1190. The number of nitrogens with one attached hydrogen (secondary N) is 1. The van der Waals surface area contributed by atoms with E-state index in [0.29, 0.717) is 6.54 Å². The number of carbonyl (C=O) groups excluding carboxylic acids is 2. The summed E-state index contributed by atoms with van der Waals surface area (Å²) < 4.78 is 0. The second kappa shape index (κ2) is 5.97. The molecule has 1 aliphatic carbocycles. The Morgan fingerprint density at radius 1 is 1.03 bits per heavy atom. The first-order valence-electron chi connectivity index (χ1n) is 10.8. The highest BCUT2D eigenvalue weighted by atomic mass is 16.2. The highest BCUT2D eigenvalue weighted by molar-refractivity contribution is 6.01. The lowest BCUT2D eigenvalue weighted by molar-refractivity contribution is -0.166. The Balaban J connectivity index is 1.60. The van der Waals surface area contributed by atoms with Crippen LogP contribution in [0.25, 0.3) is 10.9 Å². The maximum absolute atomic E-state index is 13.7. The summed E-state index contributed by atoms with van der Waals surface area (Å²) in [6.07, 6.45) is 2.00. The number of nitrogens with zero attached hydrogens (tertiary/aromatic N) is 2. The Hall–Kier alpha value is -3.08. The average Bonchev–Trinajstić information content (AvgIpc) is 3.51. The molecule has 2 atom stereocenters. The first-order valence-corrected chi connectivity index (χ1v) is 10.8. The van der Waals surface area contributed by atoms with Gasteiger partial charge in [-0.2, -0.15) is 0 Å². The van der Waals surface area contributed by atoms with Crippen LogP contribution in [0.1, 0.15) is 48.1 Å². The molecule has 1 aromatic heterocycles. The molecular formula is C25H25N3O2. The van der Waals surface area contributed by atoms with E-state index in [4.69, 9.17) is 0 Å². The van der Waals surface area contributed by atoms with Crippen molar-refractivity contribution in [2.45, 2.75) is 44.2 Å². The van der Waals surface area contributed by atoms with E-state index >= 15 is 0 Å². The molecule has 2 fully saturated rings. The number of H-pyrrole nitrogens is 1. The molecule has 3 aliphatic rings. The molecule has 5 heteroatoms. The van der Waals surface area contributed by atoms with Gasteiger partial charge in [-0.3, -0.25) is 9.59 Å². The van der Waals surface area contributed by atoms with E-state index in [-0.39, 0.29) is 30.3 Å². The minimum absolute atomic E-state index is 0.0362. The third kappa shape index (κ3) is 2.29. The molecule has 30 heavy (non-hydrogen) atoms. The monoisotopic (exact) mass is 399 g/mol. The van der Waals surface area contributed by atoms with Gasteiger partial charge < -0.3 is 14.8 Å². The highest BCUT2D eigenvalue weighted by Crippen LogP contribution is 2.49. The quantitative estimate of drug-likeness (QED) is 0.715. The fourth-order valence-electron chi connectivity index (χ4n) is 5.41. The van der Waals surface area contributed by atoms with Crippen LogP contribution in [-0.4, -0.2) is 45.7 Å². The van der Waals surface area contributed by atoms with Gasteiger partial charge >= 0.3 is 0 Å². The van der Waals surface area contributed by atoms with Gasteiger partial charge in [0.1, 0.15) is 6.54 Å². The largest absolute Gasteiger partial charge is 0.356 e. The summed E-state index contributed by atoms with van der Waals surface area (Å²) in [7, 11) is 0. The Morgan fingerprint density at radius 3 is 2.50 bits per heavy atom. The van der Waals surface area contributed by atoms with Crippen molar-refractivity contribution in [3.8, 4) is 0 Å². The summed E-state index contributed by atoms with van der Waals surface area (Å²) in [6.45, 7) is 4.74. The number of rotatable bonds is 2. The van der Waals surface area contributed by atoms with Gasteiger partial charge in [0, 0.05) is 29.4 Å². The molecule has 0 bridgehead atoms. The van der Waals surface area contributed by atoms with Gasteiger partial charge in [0.25, 0.3) is 5.91 Å². The molecule has 3 heterocycles. The molecule has 2 amide bonds. The molecule has 1 N–H and O–H groups in total. The van der Waals surface area contributed by atoms with Crippen LogP contribution in [0, 0.1) is 6.92 Å². The molecule has 2 aromatic carbocycles. The Labute approximate surface area is 175 Å². The van der Waals surface area contributed by atoms with Crippen molar-refractivity contribution in [1.29, 1.82) is 0 Å². The zero-order valence-electron chi connectivity index (χ0n) is 17.3. The topological polar surface area (TPSA) is 56.4 Å². The number of piperazine rings is 1. The number of carbonyl (C=O) groups is 2. The minimum Gasteiger partial charge on any atom is -0.356 e. The van der Waals surface area contributed by atoms with Gasteiger partial charge in [-0.05, 0) is 43.9 Å². The van der Waals surface area contributed by atoms with Crippen molar-refractivity contribution in [3.63, 3.8) is 0 Å². The van der Waals surface area contributed by atoms with Crippen LogP contribution in [0.2, 0.25) is 0 Å². The molecule has 0 radical (unpaired) electrons. The van der Waals surface area contributed by atoms with Crippen LogP contribution < -0.4 is 0 Å². The Kier molecular flexibility index (Phi) is 3.53. The van der Waals surface area contributed by atoms with Gasteiger partial charge in [0.2, 0.25) is 5.91 Å². The molecule has 3 aromatic rings. The number of aromatic amines is 1. The van der Waals surface area contributed by atoms with Crippen LogP contribution in [0.5, 0.6) is 0 Å². The minimum atomic E-state index is -0.979. The Morgan fingerprint density at radius 2 is 1.77 bits per heavy atom. The first-order chi connectivity index (χ1) is 14.5. The number of para-hydroxylation sites is 1. The lowest BCUT2D eigenvalue weighted by Crippen LogP contribution is -2.67. The van der Waals surface area contributed by atoms with Crippen molar-refractivity contribution >= 4 is 22.7 Å². The van der Waals surface area contributed by atoms with Crippen molar-refractivity contribution in [2.75, 3.05) is 13.1 Å². The van der Waals surface area contributed by atoms with E-state index in [0.717, 1.165) is 35.0 Å². The average molecular weight is 399 g/mol. The highest BCUT2D eigenvalue weighted by Gasteiger charge is 2.58. The summed E-state index contributed by atoms with van der Waals surface area (Å²) >= 11 is 0. The summed E-state index contributed by atoms with van der Waals surface area (Å²) in [6, 6.07) is 17.0. The van der Waals surface area contributed by atoms with E-state index in [2.05, 4.69) is 48.3 Å². The molecule has 2 aliphatic heterocycles. The number of fused-ring (bicyclic) bond motifs is 5. The van der Waals surface area contributed by atoms with Crippen LogP contribution in [0.4, 0.5) is 0 Å². The van der Waals surface area contributed by atoms with Crippen LogP contribution >= 0.6 is 0 Å². The fourth-order valence-corrected chi connectivity index (χ4v) is 5.41. The van der Waals surface area contributed by atoms with Gasteiger partial charge in [0.05, 0.1) is 5.69 Å². The second-order valence-electron chi connectivity index (χ2n) is 9.16. The molecule has 5 nitrogen and oxygen atoms in total. The molecule has 152 valence electrons. The summed E-state index contributed by atoms with van der Waals surface area (Å²) in [5.74, 6) is 0.138. The van der Waals surface area contributed by atoms with Crippen LogP contribution in [0.3, 0.4) is 0 Å². The van der Waals surface area contributed by atoms with Crippen molar-refractivity contribution < 1.29 is 9.59 Å². The van der Waals surface area contributed by atoms with Crippen LogP contribution in [-0.2, 0) is 15.1 Å². The standard InChI is InChI=1S/C25H25N3O2/c1-15-7-9-16(10-8-15)19-13-28-21(29)14-27(17-11-12-17)24(30)25(28,2)23-22(19)18-5-3-4-6-20(18)26-23/h3-10,17,19,26H,11-14H2,1-2H3/t19-,25-/m0/s1. The number of aryl methyl sites for hydroxylation is 1. The maximum Gasteiger partial charge on any atom is 0.255 e. The lowest BCUT2D eigenvalue weighted by Gasteiger charge is -2.51. The van der Waals surface area contributed by atoms with Crippen LogP contribution in [0.15, 0.2) is 48.5 Å². The van der Waals surface area contributed by atoms with Gasteiger partial charge in [0.15, 0.2) is 5.54 Å². The molecule has 1 saturated heterocycles. The summed E-state index contributed by atoms with van der Waals surface area (Å²) in [5.41, 5.74) is 4.47. The number of benzene rings is 2. The zero-order valence-corrected chi connectivity index (χ0v) is 17.3. The third-order valence-electron chi connectivity index (χ3n) is 7.24. The summed E-state index contributed by atoms with van der Waals surface area (Å²) in [4.78, 5) is 34.2. The number of amides is 2. The maximum atomic E-state index is 13.7. The predicted molar refractivity (Wildman–Crippen MR) is 115 cm³/mol. The van der Waals surface area contributed by atoms with E-state index in [1.54, 1.807) is 0 Å². The second-order valence-corrected chi connectivity index (χ2v) is 9.16. The van der Waals surface area contributed by atoms with Gasteiger partial charge in [-0.25, -0.2) is 0 Å². The van der Waals surface area contributed by atoms with Gasteiger partial charge in [-0.15, -0.1) is 0 Å². The molecule has 6 rings (SSSR count). The smallest absolute Gasteiger partial charge is 0.255 e. The van der Waals surface area contributed by atoms with E-state index < -0.39 is 5.54 Å². The SMILES string of the molecule is Cc1ccc([C@@H]2CN3C(=O)CN(C4CC4)C(=O)[C@]3(C)c3[nH]c4ccccc4c32)cc1. The van der Waals surface area contributed by atoms with Crippen molar-refractivity contribution in [2.24, 2.45) is 0 Å². The van der Waals surface area contributed by atoms with E-state index in [9.17, 15) is 9.59 Å². The third-order valence-corrected chi connectivity index (χ3v) is 7.24. The first kappa shape index (κ1) is 17.8. The van der Waals surface area contributed by atoms with Crippen molar-refractivity contribution in [1.82, 2.24) is 14.8 Å². The number of hydrogen-bond acceptors (Lipinski definition) is 2. The van der Waals surface area contributed by atoms with E-state index in [1.165, 1.54) is 11.1 Å². The predicted octanol–water partition coefficient (Wildman–Crippen LogP) is 3.67. The number of aromatic nitrogens is 1. The van der Waals surface area contributed by atoms with E-state index in [1.807, 2.05) is 28.9 Å². The summed E-state index contributed by atoms with van der Waals surface area (Å²) in [5, 5.41) is 1.14. The zero-order chi connectivity index (χ0) is 20.6. The number of hydrogen-bond donors (Lipinski definition) is 1. The molecule has 0 unspecified atom stereocenters. The van der Waals surface area contributed by atoms with Gasteiger partial charge in [-0.1, -0.05) is 48.0 Å². The molecule has 1 saturated carbocycles. The molecular weight excluding hydrogens is 374 g/mol.